The number of methoxy groups -OCH3 is 2. The van der Waals surface area contributed by atoms with E-state index in [0.29, 0.717) is 5.69 Å². The first-order valence-corrected chi connectivity index (χ1v) is 8.19. The summed E-state index contributed by atoms with van der Waals surface area (Å²) in [5, 5.41) is -0.333. The van der Waals surface area contributed by atoms with E-state index in [-0.39, 0.29) is 6.42 Å². The van der Waals surface area contributed by atoms with E-state index in [0.717, 1.165) is 14.2 Å². The molecular weight excluding hydrogens is 310 g/mol. The van der Waals surface area contributed by atoms with Crippen molar-refractivity contribution >= 4 is 27.5 Å². The Hall–Kier alpha value is -2.09. The van der Waals surface area contributed by atoms with Crippen LogP contribution >= 0.6 is 0 Å². The molecule has 0 saturated carbocycles. The van der Waals surface area contributed by atoms with Gasteiger partial charge in [0.15, 0.2) is 9.84 Å². The molecule has 1 aromatic rings. The summed E-state index contributed by atoms with van der Waals surface area (Å²) in [7, 11) is -2.17. The minimum absolute atomic E-state index is 0.154. The third-order valence-corrected chi connectivity index (χ3v) is 5.31. The second-order valence-corrected chi connectivity index (χ2v) is 6.64. The summed E-state index contributed by atoms with van der Waals surface area (Å²) in [4.78, 5) is 23.4. The molecule has 0 spiro atoms. The molecule has 1 unspecified atom stereocenters. The average Bonchev–Trinajstić information content (AvgIpc) is 2.52. The summed E-state index contributed by atoms with van der Waals surface area (Å²) < 4.78 is 34.0. The Kier molecular flexibility index (Phi) is 6.36. The maximum Gasteiger partial charge on any atom is 0.335 e. The van der Waals surface area contributed by atoms with E-state index in [1.54, 1.807) is 37.3 Å². The lowest BCUT2D eigenvalue weighted by molar-refractivity contribution is -0.150. The fourth-order valence-electron chi connectivity index (χ4n) is 1.88. The molecule has 0 aliphatic heterocycles. The van der Waals surface area contributed by atoms with E-state index < -0.39 is 32.4 Å². The third-order valence-electron chi connectivity index (χ3n) is 3.03. The van der Waals surface area contributed by atoms with Crippen LogP contribution in [0, 0.1) is 0 Å². The summed E-state index contributed by atoms with van der Waals surface area (Å²) in [6.07, 6.45) is 0.154. The number of nitrogens with one attached hydrogen (secondary N) is 1. The lowest BCUT2D eigenvalue weighted by atomic mass is 10.3. The fraction of sp³-hybridized carbons (Fsp3) is 0.429. The Balaban J connectivity index is 3.15. The van der Waals surface area contributed by atoms with Gasteiger partial charge in [0.25, 0.3) is 5.25 Å². The highest BCUT2D eigenvalue weighted by atomic mass is 32.2. The van der Waals surface area contributed by atoms with Gasteiger partial charge in [0.2, 0.25) is 0 Å². The molecule has 0 aromatic heterocycles. The Morgan fingerprint density at radius 3 is 2.00 bits per heavy atom. The zero-order chi connectivity index (χ0) is 16.8. The number of carbonyl (C=O) groups excluding carboxylic acids is 2. The fourth-order valence-corrected chi connectivity index (χ4v) is 3.70. The summed E-state index contributed by atoms with van der Waals surface area (Å²) in [5.41, 5.74) is 0.561. The monoisotopic (exact) mass is 329 g/mol. The second-order valence-electron chi connectivity index (χ2n) is 4.42. The zero-order valence-corrected chi connectivity index (χ0v) is 13.4. The first-order chi connectivity index (χ1) is 10.4. The van der Waals surface area contributed by atoms with Gasteiger partial charge in [-0.3, -0.25) is 9.59 Å². The molecule has 1 atom stereocenters. The number of anilines is 1. The van der Waals surface area contributed by atoms with Crippen LogP contribution in [0.25, 0.3) is 0 Å². The number of benzene rings is 1. The molecule has 7 nitrogen and oxygen atoms in total. The molecule has 1 aromatic carbocycles. The molecule has 0 aliphatic rings. The topological polar surface area (TPSA) is 98.8 Å². The predicted octanol–water partition coefficient (Wildman–Crippen LogP) is 0.964. The minimum Gasteiger partial charge on any atom is -0.468 e. The van der Waals surface area contributed by atoms with Crippen molar-refractivity contribution in [3.05, 3.63) is 30.3 Å². The van der Waals surface area contributed by atoms with Crippen molar-refractivity contribution < 1.29 is 27.5 Å². The van der Waals surface area contributed by atoms with Crippen molar-refractivity contribution in [1.82, 2.24) is 0 Å². The van der Waals surface area contributed by atoms with Crippen molar-refractivity contribution in [2.45, 2.75) is 24.0 Å². The maximum atomic E-state index is 12.6. The molecule has 0 amide bonds. The van der Waals surface area contributed by atoms with Crippen molar-refractivity contribution in [1.29, 1.82) is 0 Å². The molecule has 1 rings (SSSR count). The Morgan fingerprint density at radius 2 is 1.59 bits per heavy atom. The molecule has 22 heavy (non-hydrogen) atoms. The number of hydrogen-bond donors (Lipinski definition) is 1. The maximum absolute atomic E-state index is 12.6. The van der Waals surface area contributed by atoms with Gasteiger partial charge in [-0.05, 0) is 18.6 Å². The zero-order valence-electron chi connectivity index (χ0n) is 12.6. The van der Waals surface area contributed by atoms with Crippen molar-refractivity contribution in [3.63, 3.8) is 0 Å². The van der Waals surface area contributed by atoms with Crippen LogP contribution in [-0.4, -0.2) is 45.2 Å². The SMILES string of the molecule is CCC(Nc1ccccc1)S(=O)(=O)C(C(=O)OC)C(=O)OC. The predicted molar refractivity (Wildman–Crippen MR) is 80.9 cm³/mol. The van der Waals surface area contributed by atoms with Crippen LogP contribution in [0.3, 0.4) is 0 Å². The number of hydrogen-bond acceptors (Lipinski definition) is 7. The van der Waals surface area contributed by atoms with E-state index in [4.69, 9.17) is 0 Å². The van der Waals surface area contributed by atoms with Crippen molar-refractivity contribution in [2.24, 2.45) is 0 Å². The lowest BCUT2D eigenvalue weighted by Gasteiger charge is -2.22. The van der Waals surface area contributed by atoms with Crippen LogP contribution in [0.1, 0.15) is 13.3 Å². The first-order valence-electron chi connectivity index (χ1n) is 6.58. The van der Waals surface area contributed by atoms with Crippen molar-refractivity contribution in [3.8, 4) is 0 Å². The average molecular weight is 329 g/mol. The summed E-state index contributed by atoms with van der Waals surface area (Å²) in [5.74, 6) is -2.33. The summed E-state index contributed by atoms with van der Waals surface area (Å²) >= 11 is 0. The second kappa shape index (κ2) is 7.79. The quantitative estimate of drug-likeness (QED) is 0.587. The van der Waals surface area contributed by atoms with Crippen molar-refractivity contribution in [2.75, 3.05) is 19.5 Å². The summed E-state index contributed by atoms with van der Waals surface area (Å²) in [6.45, 7) is 1.63. The molecule has 0 saturated heterocycles. The molecule has 8 heteroatoms. The molecule has 0 bridgehead atoms. The molecule has 0 fully saturated rings. The van der Waals surface area contributed by atoms with Crippen LogP contribution in [0.4, 0.5) is 5.69 Å². The standard InChI is InChI=1S/C14H19NO6S/c1-4-11(15-10-8-6-5-7-9-10)22(18,19)12(13(16)20-2)14(17)21-3/h5-9,11-12,15H,4H2,1-3H3. The lowest BCUT2D eigenvalue weighted by Crippen LogP contribution is -2.46. The molecular formula is C14H19NO6S. The first kappa shape index (κ1) is 18.0. The Bertz CT molecular complexity index is 597. The van der Waals surface area contributed by atoms with Gasteiger partial charge in [-0.1, -0.05) is 25.1 Å². The van der Waals surface area contributed by atoms with Gasteiger partial charge in [0, 0.05) is 5.69 Å². The number of ether oxygens (including phenoxy) is 2. The summed E-state index contributed by atoms with van der Waals surface area (Å²) in [6, 6.07) is 8.62. The molecule has 0 heterocycles. The Labute approximate surface area is 129 Å². The molecule has 122 valence electrons. The number of carbonyl (C=O) groups is 2. The Morgan fingerprint density at radius 1 is 1.09 bits per heavy atom. The highest BCUT2D eigenvalue weighted by Crippen LogP contribution is 2.19. The van der Waals surface area contributed by atoms with Crippen LogP contribution in [0.15, 0.2) is 30.3 Å². The third kappa shape index (κ3) is 3.97. The van der Waals surface area contributed by atoms with E-state index in [1.165, 1.54) is 0 Å². The van der Waals surface area contributed by atoms with Gasteiger partial charge >= 0.3 is 11.9 Å². The van der Waals surface area contributed by atoms with E-state index in [2.05, 4.69) is 14.8 Å². The van der Waals surface area contributed by atoms with E-state index in [1.807, 2.05) is 0 Å². The van der Waals surface area contributed by atoms with Gasteiger partial charge in [-0.15, -0.1) is 0 Å². The van der Waals surface area contributed by atoms with Gasteiger partial charge < -0.3 is 14.8 Å². The van der Waals surface area contributed by atoms with Crippen LogP contribution in [0.2, 0.25) is 0 Å². The van der Waals surface area contributed by atoms with Crippen LogP contribution in [-0.2, 0) is 28.9 Å². The van der Waals surface area contributed by atoms with E-state index >= 15 is 0 Å². The van der Waals surface area contributed by atoms with Gasteiger partial charge in [0.1, 0.15) is 5.37 Å². The van der Waals surface area contributed by atoms with Gasteiger partial charge in [0.05, 0.1) is 14.2 Å². The number of esters is 2. The largest absolute Gasteiger partial charge is 0.468 e. The molecule has 1 N–H and O–H groups in total. The number of para-hydroxylation sites is 1. The minimum atomic E-state index is -4.19. The normalized spacial score (nSPS) is 12.5. The van der Waals surface area contributed by atoms with Crippen LogP contribution < -0.4 is 5.32 Å². The van der Waals surface area contributed by atoms with E-state index in [9.17, 15) is 18.0 Å². The molecule has 0 radical (unpaired) electrons. The molecule has 0 aliphatic carbocycles. The highest BCUT2D eigenvalue weighted by molar-refractivity contribution is 7.94. The smallest absolute Gasteiger partial charge is 0.335 e. The highest BCUT2D eigenvalue weighted by Gasteiger charge is 2.45. The number of rotatable bonds is 7. The van der Waals surface area contributed by atoms with Crippen LogP contribution in [0.5, 0.6) is 0 Å². The van der Waals surface area contributed by atoms with Gasteiger partial charge in [-0.25, -0.2) is 8.42 Å². The number of sulfone groups is 1. The van der Waals surface area contributed by atoms with Gasteiger partial charge in [-0.2, -0.15) is 0 Å².